The van der Waals surface area contributed by atoms with Gasteiger partial charge in [0.05, 0.1) is 12.2 Å². The van der Waals surface area contributed by atoms with Crippen LogP contribution in [0.3, 0.4) is 0 Å². The largest absolute Gasteiger partial charge is 0.869 e. The number of esters is 1. The minimum atomic E-state index is -1.32. The highest BCUT2D eigenvalue weighted by atomic mass is 16.6. The fraction of sp³-hybridized carbons (Fsp3) is 0.273. The Bertz CT molecular complexity index is 467. The number of para-hydroxylation sites is 1. The van der Waals surface area contributed by atoms with E-state index < -0.39 is 23.8 Å². The Labute approximate surface area is 96.4 Å². The molecule has 0 bridgehead atoms. The molecule has 1 N–H and O–H groups in total. The number of benzene rings is 1. The van der Waals surface area contributed by atoms with Crippen molar-refractivity contribution in [3.63, 3.8) is 0 Å². The molecule has 1 aromatic carbocycles. The van der Waals surface area contributed by atoms with Gasteiger partial charge in [0, 0.05) is 6.42 Å². The Hall–Kier alpha value is -2.24. The van der Waals surface area contributed by atoms with Gasteiger partial charge in [-0.25, -0.2) is 9.59 Å². The molecule has 1 atom stereocenters. The van der Waals surface area contributed by atoms with Gasteiger partial charge in [-0.1, -0.05) is 11.8 Å². The summed E-state index contributed by atoms with van der Waals surface area (Å²) in [7, 11) is 0. The summed E-state index contributed by atoms with van der Waals surface area (Å²) >= 11 is 0. The molecule has 1 aliphatic heterocycles. The van der Waals surface area contributed by atoms with Crippen LogP contribution in [0.1, 0.15) is 16.8 Å². The van der Waals surface area contributed by atoms with Crippen molar-refractivity contribution in [2.24, 2.45) is 0 Å². The van der Waals surface area contributed by atoms with E-state index >= 15 is 0 Å². The van der Waals surface area contributed by atoms with Gasteiger partial charge in [0.2, 0.25) is 0 Å². The van der Waals surface area contributed by atoms with Crippen molar-refractivity contribution in [3.8, 4) is 11.5 Å². The van der Waals surface area contributed by atoms with Gasteiger partial charge in [-0.2, -0.15) is 0 Å². The van der Waals surface area contributed by atoms with Gasteiger partial charge in [-0.05, 0) is 12.1 Å². The summed E-state index contributed by atoms with van der Waals surface area (Å²) in [5.41, 5.74) is -0.381. The van der Waals surface area contributed by atoms with Crippen molar-refractivity contribution in [2.75, 3.05) is 6.61 Å². The zero-order valence-corrected chi connectivity index (χ0v) is 8.71. The average Bonchev–Trinajstić information content (AvgIpc) is 2.67. The molecule has 1 heterocycles. The minimum absolute atomic E-state index is 0.145. The third-order valence-electron chi connectivity index (χ3n) is 2.37. The van der Waals surface area contributed by atoms with Gasteiger partial charge in [0.1, 0.15) is 5.75 Å². The van der Waals surface area contributed by atoms with Crippen molar-refractivity contribution in [2.45, 2.75) is 12.5 Å². The second kappa shape index (κ2) is 4.32. The van der Waals surface area contributed by atoms with Crippen molar-refractivity contribution >= 4 is 11.9 Å². The van der Waals surface area contributed by atoms with E-state index in [4.69, 9.17) is 9.84 Å². The van der Waals surface area contributed by atoms with E-state index in [1.807, 2.05) is 0 Å². The maximum absolute atomic E-state index is 11.6. The molecule has 0 spiro atoms. The number of carboxylic acid groups (broad SMARTS) is 1. The molecule has 0 radical (unpaired) electrons. The molecule has 1 fully saturated rings. The maximum Gasteiger partial charge on any atom is 0.347 e. The van der Waals surface area contributed by atoms with Crippen LogP contribution >= 0.6 is 0 Å². The number of hydrogen-bond donors (Lipinski definition) is 1. The third kappa shape index (κ3) is 2.15. The van der Waals surface area contributed by atoms with Crippen LogP contribution in [0.4, 0.5) is 0 Å². The number of rotatable bonds is 3. The van der Waals surface area contributed by atoms with Crippen LogP contribution in [0, 0.1) is 0 Å². The highest BCUT2D eigenvalue weighted by molar-refractivity contribution is 5.91. The number of cyclic esters (lactones) is 1. The van der Waals surface area contributed by atoms with Crippen LogP contribution < -0.4 is 9.84 Å². The quantitative estimate of drug-likeness (QED) is 0.752. The Morgan fingerprint density at radius 1 is 1.53 bits per heavy atom. The molecule has 0 aromatic heterocycles. The lowest BCUT2D eigenvalue weighted by molar-refractivity contribution is -0.271. The first-order valence-corrected chi connectivity index (χ1v) is 4.96. The molecular weight excluding hydrogens is 228 g/mol. The van der Waals surface area contributed by atoms with E-state index in [2.05, 4.69) is 4.74 Å². The molecule has 0 aliphatic carbocycles. The fourth-order valence-corrected chi connectivity index (χ4v) is 1.51. The summed E-state index contributed by atoms with van der Waals surface area (Å²) in [4.78, 5) is 21.9. The maximum atomic E-state index is 11.6. The summed E-state index contributed by atoms with van der Waals surface area (Å²) in [5.74, 6) is -2.74. The third-order valence-corrected chi connectivity index (χ3v) is 2.37. The normalized spacial score (nSPS) is 18.8. The summed E-state index contributed by atoms with van der Waals surface area (Å²) < 4.78 is 9.83. The summed E-state index contributed by atoms with van der Waals surface area (Å²) in [6, 6.07) is 3.91. The van der Waals surface area contributed by atoms with Crippen LogP contribution in [-0.2, 0) is 9.53 Å². The van der Waals surface area contributed by atoms with Gasteiger partial charge in [-0.3, -0.25) is 0 Å². The molecule has 1 aromatic rings. The molecule has 2 rings (SSSR count). The number of carbonyl (C=O) groups excluding carboxylic acids is 1. The van der Waals surface area contributed by atoms with Crippen LogP contribution in [0.2, 0.25) is 0 Å². The first-order valence-electron chi connectivity index (χ1n) is 4.96. The van der Waals surface area contributed by atoms with Crippen LogP contribution in [0.15, 0.2) is 18.2 Å². The van der Waals surface area contributed by atoms with Gasteiger partial charge in [0.15, 0.2) is 6.10 Å². The lowest BCUT2D eigenvalue weighted by Crippen LogP contribution is -2.22. The molecule has 0 amide bonds. The van der Waals surface area contributed by atoms with Crippen LogP contribution in [0.25, 0.3) is 0 Å². The van der Waals surface area contributed by atoms with Gasteiger partial charge < -0.3 is 19.7 Å². The monoisotopic (exact) mass is 237 g/mol. The first kappa shape index (κ1) is 11.3. The average molecular weight is 237 g/mol. The van der Waals surface area contributed by atoms with Gasteiger partial charge in [-0.15, -0.1) is 0 Å². The Morgan fingerprint density at radius 3 is 2.88 bits per heavy atom. The molecule has 17 heavy (non-hydrogen) atoms. The first-order chi connectivity index (χ1) is 8.09. The van der Waals surface area contributed by atoms with Crippen LogP contribution in [-0.4, -0.2) is 29.8 Å². The molecule has 90 valence electrons. The summed E-state index contributed by atoms with van der Waals surface area (Å²) in [6.07, 6.45) is -0.470. The number of carbonyl (C=O) groups is 2. The van der Waals surface area contributed by atoms with E-state index in [1.54, 1.807) is 0 Å². The lowest BCUT2D eigenvalue weighted by atomic mass is 10.2. The van der Waals surface area contributed by atoms with Gasteiger partial charge in [0.25, 0.3) is 0 Å². The van der Waals surface area contributed by atoms with Crippen molar-refractivity contribution in [1.29, 1.82) is 0 Å². The van der Waals surface area contributed by atoms with E-state index in [9.17, 15) is 14.7 Å². The summed E-state index contributed by atoms with van der Waals surface area (Å²) in [6.45, 7) is 0.246. The molecule has 1 saturated heterocycles. The summed E-state index contributed by atoms with van der Waals surface area (Å²) in [5, 5.41) is 20.4. The predicted molar refractivity (Wildman–Crippen MR) is 52.8 cm³/mol. The Morgan fingerprint density at radius 2 is 2.29 bits per heavy atom. The highest BCUT2D eigenvalue weighted by Gasteiger charge is 2.28. The smallest absolute Gasteiger partial charge is 0.347 e. The highest BCUT2D eigenvalue weighted by Crippen LogP contribution is 2.29. The van der Waals surface area contributed by atoms with E-state index in [1.165, 1.54) is 18.2 Å². The minimum Gasteiger partial charge on any atom is -0.869 e. The molecule has 6 heteroatoms. The number of ether oxygens (including phenoxy) is 2. The van der Waals surface area contributed by atoms with E-state index in [0.717, 1.165) is 0 Å². The van der Waals surface area contributed by atoms with Crippen molar-refractivity contribution in [1.82, 2.24) is 0 Å². The number of hydrogen-bond acceptors (Lipinski definition) is 5. The second-order valence-corrected chi connectivity index (χ2v) is 3.50. The number of aromatic carboxylic acids is 1. The molecular formula is C11H9O6-. The SMILES string of the molecule is O=C(O)c1cccc(OC2CCOC2=O)c1[O-]. The van der Waals surface area contributed by atoms with Crippen LogP contribution in [0.5, 0.6) is 11.5 Å². The standard InChI is InChI=1S/C11H10O6/c12-9-6(10(13)14)2-1-3-7(9)17-8-4-5-16-11(8)15/h1-3,8,12H,4-5H2,(H,13,14)/p-1. The van der Waals surface area contributed by atoms with Crippen molar-refractivity contribution < 1.29 is 29.3 Å². The second-order valence-electron chi connectivity index (χ2n) is 3.50. The molecule has 1 unspecified atom stereocenters. The zero-order chi connectivity index (χ0) is 12.4. The van der Waals surface area contributed by atoms with E-state index in [0.29, 0.717) is 6.42 Å². The van der Waals surface area contributed by atoms with E-state index in [-0.39, 0.29) is 17.9 Å². The topological polar surface area (TPSA) is 95.9 Å². The lowest BCUT2D eigenvalue weighted by Gasteiger charge is -2.18. The predicted octanol–water partition coefficient (Wildman–Crippen LogP) is 0.153. The molecule has 1 aliphatic rings. The zero-order valence-electron chi connectivity index (χ0n) is 8.71. The Kier molecular flexibility index (Phi) is 2.86. The Balaban J connectivity index is 2.24. The molecule has 6 nitrogen and oxygen atoms in total. The van der Waals surface area contributed by atoms with Crippen molar-refractivity contribution in [3.05, 3.63) is 23.8 Å². The van der Waals surface area contributed by atoms with Gasteiger partial charge >= 0.3 is 11.9 Å². The fourth-order valence-electron chi connectivity index (χ4n) is 1.51. The number of carboxylic acids is 1. The molecule has 0 saturated carbocycles.